The van der Waals surface area contributed by atoms with E-state index in [4.69, 9.17) is 9.47 Å². The van der Waals surface area contributed by atoms with Crippen molar-refractivity contribution in [3.05, 3.63) is 72.8 Å². The van der Waals surface area contributed by atoms with Crippen LogP contribution in [-0.4, -0.2) is 24.4 Å². The fraction of sp³-hybridized carbons (Fsp3) is 0.0909. The van der Waals surface area contributed by atoms with Crippen molar-refractivity contribution in [2.45, 2.75) is 0 Å². The van der Waals surface area contributed by atoms with Crippen molar-refractivity contribution in [3.8, 4) is 34.0 Å². The molecule has 4 nitrogen and oxygen atoms in total. The SMILES string of the molecule is COc1nnc(OC)c2cc(-c3ccccc3)c(-c3ccccc3)cc12. The highest BCUT2D eigenvalue weighted by Crippen LogP contribution is 2.39. The van der Waals surface area contributed by atoms with Gasteiger partial charge in [-0.05, 0) is 34.4 Å². The number of methoxy groups -OCH3 is 2. The lowest BCUT2D eigenvalue weighted by Crippen LogP contribution is -1.98. The van der Waals surface area contributed by atoms with Crippen LogP contribution in [0, 0.1) is 0 Å². The van der Waals surface area contributed by atoms with E-state index < -0.39 is 0 Å². The minimum atomic E-state index is 0.484. The molecule has 0 aliphatic heterocycles. The molecule has 26 heavy (non-hydrogen) atoms. The molecular weight excluding hydrogens is 324 g/mol. The highest BCUT2D eigenvalue weighted by atomic mass is 16.5. The summed E-state index contributed by atoms with van der Waals surface area (Å²) in [6, 6.07) is 24.8. The highest BCUT2D eigenvalue weighted by molar-refractivity contribution is 6.00. The molecule has 128 valence electrons. The first-order chi connectivity index (χ1) is 12.8. The summed E-state index contributed by atoms with van der Waals surface area (Å²) in [5, 5.41) is 10.0. The minimum absolute atomic E-state index is 0.484. The van der Waals surface area contributed by atoms with Crippen molar-refractivity contribution in [1.82, 2.24) is 10.2 Å². The minimum Gasteiger partial charge on any atom is -0.479 e. The lowest BCUT2D eigenvalue weighted by molar-refractivity contribution is 0.376. The van der Waals surface area contributed by atoms with Gasteiger partial charge in [-0.3, -0.25) is 0 Å². The van der Waals surface area contributed by atoms with Crippen LogP contribution in [0.1, 0.15) is 0 Å². The van der Waals surface area contributed by atoms with E-state index in [-0.39, 0.29) is 0 Å². The van der Waals surface area contributed by atoms with Gasteiger partial charge in [0, 0.05) is 0 Å². The van der Waals surface area contributed by atoms with Crippen molar-refractivity contribution in [2.24, 2.45) is 0 Å². The van der Waals surface area contributed by atoms with Gasteiger partial charge in [-0.25, -0.2) is 0 Å². The molecule has 0 aliphatic carbocycles. The average molecular weight is 342 g/mol. The van der Waals surface area contributed by atoms with Crippen molar-refractivity contribution >= 4 is 10.8 Å². The number of fused-ring (bicyclic) bond motifs is 1. The van der Waals surface area contributed by atoms with Crippen LogP contribution in [0.25, 0.3) is 33.0 Å². The summed E-state index contributed by atoms with van der Waals surface area (Å²) < 4.78 is 10.9. The summed E-state index contributed by atoms with van der Waals surface area (Å²) in [6.45, 7) is 0. The van der Waals surface area contributed by atoms with Gasteiger partial charge in [0.25, 0.3) is 0 Å². The number of rotatable bonds is 4. The van der Waals surface area contributed by atoms with E-state index in [0.29, 0.717) is 11.8 Å². The lowest BCUT2D eigenvalue weighted by atomic mass is 9.92. The van der Waals surface area contributed by atoms with Gasteiger partial charge >= 0.3 is 0 Å². The predicted octanol–water partition coefficient (Wildman–Crippen LogP) is 4.98. The quantitative estimate of drug-likeness (QED) is 0.524. The number of hydrogen-bond acceptors (Lipinski definition) is 4. The summed E-state index contributed by atoms with van der Waals surface area (Å²) in [5.41, 5.74) is 4.48. The summed E-state index contributed by atoms with van der Waals surface area (Å²) in [5.74, 6) is 0.968. The molecular formula is C22H18N2O2. The van der Waals surface area contributed by atoms with Crippen molar-refractivity contribution < 1.29 is 9.47 Å². The molecule has 0 amide bonds. The van der Waals surface area contributed by atoms with Crippen molar-refractivity contribution in [2.75, 3.05) is 14.2 Å². The monoisotopic (exact) mass is 342 g/mol. The number of aromatic nitrogens is 2. The number of nitrogens with zero attached hydrogens (tertiary/aromatic N) is 2. The first-order valence-electron chi connectivity index (χ1n) is 8.35. The van der Waals surface area contributed by atoms with Crippen molar-refractivity contribution in [1.29, 1.82) is 0 Å². The lowest BCUT2D eigenvalue weighted by Gasteiger charge is -2.15. The number of benzene rings is 3. The Bertz CT molecular complexity index is 962. The smallest absolute Gasteiger partial charge is 0.241 e. The molecule has 0 N–H and O–H groups in total. The van der Waals surface area contributed by atoms with Gasteiger partial charge in [0.05, 0.1) is 25.0 Å². The van der Waals surface area contributed by atoms with Crippen LogP contribution in [0.15, 0.2) is 72.8 Å². The average Bonchev–Trinajstić information content (AvgIpc) is 2.73. The molecule has 0 saturated carbocycles. The van der Waals surface area contributed by atoms with Crippen LogP contribution in [0.5, 0.6) is 11.8 Å². The van der Waals surface area contributed by atoms with Crippen molar-refractivity contribution in [3.63, 3.8) is 0 Å². The maximum Gasteiger partial charge on any atom is 0.241 e. The molecule has 0 bridgehead atoms. The highest BCUT2D eigenvalue weighted by Gasteiger charge is 2.16. The Hall–Kier alpha value is -3.40. The summed E-state index contributed by atoms with van der Waals surface area (Å²) in [7, 11) is 3.20. The molecule has 0 aliphatic rings. The van der Waals surface area contributed by atoms with Crippen LogP contribution < -0.4 is 9.47 Å². The van der Waals surface area contributed by atoms with Crippen LogP contribution in [0.2, 0.25) is 0 Å². The second-order valence-electron chi connectivity index (χ2n) is 5.89. The number of ether oxygens (including phenoxy) is 2. The van der Waals surface area contributed by atoms with Crippen LogP contribution in [0.3, 0.4) is 0 Å². The summed E-state index contributed by atoms with van der Waals surface area (Å²) >= 11 is 0. The molecule has 4 rings (SSSR count). The van der Waals surface area contributed by atoms with E-state index >= 15 is 0 Å². The van der Waals surface area contributed by atoms with E-state index in [9.17, 15) is 0 Å². The van der Waals surface area contributed by atoms with E-state index in [0.717, 1.165) is 33.0 Å². The molecule has 4 aromatic rings. The zero-order valence-electron chi connectivity index (χ0n) is 14.6. The standard InChI is InChI=1S/C22H18N2O2/c1-25-21-19-13-17(15-9-5-3-6-10-15)18(16-11-7-4-8-12-16)14-20(19)22(26-2)24-23-21/h3-14H,1-2H3. The molecule has 0 fully saturated rings. The third-order valence-corrected chi connectivity index (χ3v) is 4.41. The Morgan fingerprint density at radius 2 is 0.962 bits per heavy atom. The second kappa shape index (κ2) is 6.84. The van der Waals surface area contributed by atoms with E-state index in [1.807, 2.05) is 36.4 Å². The molecule has 0 radical (unpaired) electrons. The van der Waals surface area contributed by atoms with E-state index in [1.165, 1.54) is 0 Å². The molecule has 4 heteroatoms. The van der Waals surface area contributed by atoms with Gasteiger partial charge in [-0.2, -0.15) is 0 Å². The second-order valence-corrected chi connectivity index (χ2v) is 5.89. The fourth-order valence-corrected chi connectivity index (χ4v) is 3.17. The Kier molecular flexibility index (Phi) is 4.23. The van der Waals surface area contributed by atoms with Gasteiger partial charge in [0.1, 0.15) is 0 Å². The maximum absolute atomic E-state index is 5.43. The topological polar surface area (TPSA) is 44.2 Å². The predicted molar refractivity (Wildman–Crippen MR) is 104 cm³/mol. The Morgan fingerprint density at radius 3 is 1.31 bits per heavy atom. The molecule has 0 spiro atoms. The number of hydrogen-bond donors (Lipinski definition) is 0. The molecule has 0 saturated heterocycles. The molecule has 0 atom stereocenters. The van der Waals surface area contributed by atoms with E-state index in [1.54, 1.807) is 14.2 Å². The van der Waals surface area contributed by atoms with Crippen LogP contribution >= 0.6 is 0 Å². The normalized spacial score (nSPS) is 10.7. The van der Waals surface area contributed by atoms with E-state index in [2.05, 4.69) is 46.6 Å². The molecule has 0 unspecified atom stereocenters. The van der Waals surface area contributed by atoms with Crippen LogP contribution in [-0.2, 0) is 0 Å². The maximum atomic E-state index is 5.43. The first-order valence-corrected chi connectivity index (χ1v) is 8.35. The third kappa shape index (κ3) is 2.75. The first kappa shape index (κ1) is 16.1. The van der Waals surface area contributed by atoms with Crippen LogP contribution in [0.4, 0.5) is 0 Å². The third-order valence-electron chi connectivity index (χ3n) is 4.41. The van der Waals surface area contributed by atoms with Gasteiger partial charge in [0.15, 0.2) is 0 Å². The Morgan fingerprint density at radius 1 is 0.577 bits per heavy atom. The Balaban J connectivity index is 2.10. The zero-order valence-corrected chi connectivity index (χ0v) is 14.6. The zero-order chi connectivity index (χ0) is 17.9. The molecule has 3 aromatic carbocycles. The summed E-state index contributed by atoms with van der Waals surface area (Å²) in [4.78, 5) is 0. The molecule has 1 aromatic heterocycles. The van der Waals surface area contributed by atoms with Gasteiger partial charge < -0.3 is 9.47 Å². The largest absolute Gasteiger partial charge is 0.479 e. The summed E-state index contributed by atoms with van der Waals surface area (Å²) in [6.07, 6.45) is 0. The van der Waals surface area contributed by atoms with Gasteiger partial charge in [-0.15, -0.1) is 10.2 Å². The van der Waals surface area contributed by atoms with Gasteiger partial charge in [0.2, 0.25) is 11.8 Å². The Labute approximate surface area is 152 Å². The molecule has 1 heterocycles. The fourth-order valence-electron chi connectivity index (χ4n) is 3.17. The van der Waals surface area contributed by atoms with Gasteiger partial charge in [-0.1, -0.05) is 60.7 Å².